The Morgan fingerprint density at radius 3 is 2.52 bits per heavy atom. The number of amides is 3. The van der Waals surface area contributed by atoms with Crippen LogP contribution in [0.3, 0.4) is 0 Å². The van der Waals surface area contributed by atoms with Crippen LogP contribution in [0, 0.1) is 5.82 Å². The Labute approximate surface area is 164 Å². The lowest BCUT2D eigenvalue weighted by Crippen LogP contribution is -2.51. The van der Waals surface area contributed by atoms with E-state index in [0.717, 1.165) is 5.56 Å². The fraction of sp³-hybridized carbons (Fsp3) is 0.250. The van der Waals surface area contributed by atoms with Gasteiger partial charge in [-0.3, -0.25) is 19.7 Å². The first-order valence-electron chi connectivity index (χ1n) is 8.57. The minimum Gasteiger partial charge on any atom is -0.322 e. The van der Waals surface area contributed by atoms with E-state index in [4.69, 9.17) is 0 Å². The molecule has 0 bridgehead atoms. The van der Waals surface area contributed by atoms with Crippen LogP contribution in [0.2, 0.25) is 0 Å². The molecule has 1 fully saturated rings. The zero-order valence-corrected chi connectivity index (χ0v) is 16.2. The normalized spacial score (nSPS) is 19.5. The lowest BCUT2D eigenvalue weighted by atomic mass is 9.72. The van der Waals surface area contributed by atoms with Crippen molar-refractivity contribution in [3.63, 3.8) is 0 Å². The molecule has 0 radical (unpaired) electrons. The van der Waals surface area contributed by atoms with Gasteiger partial charge in [0.2, 0.25) is 11.8 Å². The highest BCUT2D eigenvalue weighted by atomic mass is 79.9. The van der Waals surface area contributed by atoms with E-state index in [9.17, 15) is 18.8 Å². The van der Waals surface area contributed by atoms with Crippen LogP contribution < -0.4 is 10.6 Å². The number of hydrogen-bond donors (Lipinski definition) is 2. The molecule has 3 rings (SSSR count). The summed E-state index contributed by atoms with van der Waals surface area (Å²) in [4.78, 5) is 36.1. The van der Waals surface area contributed by atoms with E-state index >= 15 is 0 Å². The van der Waals surface area contributed by atoms with Crippen molar-refractivity contribution in [3.05, 3.63) is 63.9 Å². The van der Waals surface area contributed by atoms with Crippen LogP contribution in [-0.2, 0) is 15.0 Å². The molecule has 1 atom stereocenters. The quantitative estimate of drug-likeness (QED) is 0.718. The third kappa shape index (κ3) is 3.78. The standard InChI is InChI=1S/C20H18BrFN2O3/c1-2-20(10-9-17(25)24-19(20)27)12-3-6-14(7-4-12)23-18(26)15-8-5-13(21)11-16(15)22/h3-8,11H,2,9-10H2,1H3,(H,23,26)(H,24,25,27). The summed E-state index contributed by atoms with van der Waals surface area (Å²) in [6, 6.07) is 11.1. The molecule has 1 heterocycles. The van der Waals surface area contributed by atoms with Crippen LogP contribution in [0.25, 0.3) is 0 Å². The Kier molecular flexibility index (Phi) is 5.41. The van der Waals surface area contributed by atoms with Gasteiger partial charge < -0.3 is 5.32 Å². The molecule has 1 aliphatic heterocycles. The number of rotatable bonds is 4. The number of nitrogens with one attached hydrogen (secondary N) is 2. The van der Waals surface area contributed by atoms with Crippen molar-refractivity contribution in [2.45, 2.75) is 31.6 Å². The molecule has 1 aliphatic rings. The van der Waals surface area contributed by atoms with Crippen LogP contribution >= 0.6 is 15.9 Å². The number of carbonyl (C=O) groups is 3. The molecule has 0 aromatic heterocycles. The summed E-state index contributed by atoms with van der Waals surface area (Å²) in [5.41, 5.74) is 0.457. The number of hydrogen-bond acceptors (Lipinski definition) is 3. The fourth-order valence-electron chi connectivity index (χ4n) is 3.31. The van der Waals surface area contributed by atoms with E-state index in [1.807, 2.05) is 6.92 Å². The number of piperidine rings is 1. The largest absolute Gasteiger partial charge is 0.322 e. The molecule has 0 spiro atoms. The van der Waals surface area contributed by atoms with Gasteiger partial charge in [0.25, 0.3) is 5.91 Å². The van der Waals surface area contributed by atoms with Gasteiger partial charge in [-0.05, 0) is 48.7 Å². The highest BCUT2D eigenvalue weighted by molar-refractivity contribution is 9.10. The van der Waals surface area contributed by atoms with Crippen LogP contribution in [0.4, 0.5) is 10.1 Å². The minimum absolute atomic E-state index is 0.0579. The molecule has 0 aliphatic carbocycles. The second kappa shape index (κ2) is 7.60. The number of halogens is 2. The Balaban J connectivity index is 1.80. The Bertz CT molecular complexity index is 914. The lowest BCUT2D eigenvalue weighted by molar-refractivity contribution is -0.138. The molecule has 2 N–H and O–H groups in total. The monoisotopic (exact) mass is 432 g/mol. The SMILES string of the molecule is CCC1(c2ccc(NC(=O)c3ccc(Br)cc3F)cc2)CCC(=O)NC1=O. The van der Waals surface area contributed by atoms with Crippen molar-refractivity contribution in [1.29, 1.82) is 0 Å². The molecule has 1 saturated heterocycles. The first-order valence-corrected chi connectivity index (χ1v) is 9.36. The van der Waals surface area contributed by atoms with Crippen molar-refractivity contribution in [1.82, 2.24) is 5.32 Å². The Morgan fingerprint density at radius 1 is 1.22 bits per heavy atom. The average Bonchev–Trinajstić information content (AvgIpc) is 2.63. The smallest absolute Gasteiger partial charge is 0.258 e. The van der Waals surface area contributed by atoms with Gasteiger partial charge in [-0.1, -0.05) is 35.0 Å². The first-order chi connectivity index (χ1) is 12.9. The molecular formula is C20H18BrFN2O3. The average molecular weight is 433 g/mol. The molecule has 5 nitrogen and oxygen atoms in total. The molecule has 2 aromatic rings. The summed E-state index contributed by atoms with van der Waals surface area (Å²) in [5.74, 6) is -1.73. The summed E-state index contributed by atoms with van der Waals surface area (Å²) in [5, 5.41) is 5.05. The Morgan fingerprint density at radius 2 is 1.93 bits per heavy atom. The van der Waals surface area contributed by atoms with Gasteiger partial charge in [0.05, 0.1) is 11.0 Å². The Hall–Kier alpha value is -2.54. The summed E-state index contributed by atoms with van der Waals surface area (Å²) in [6.07, 6.45) is 1.30. The van der Waals surface area contributed by atoms with Crippen molar-refractivity contribution >= 4 is 39.3 Å². The molecule has 2 aromatic carbocycles. The van der Waals surface area contributed by atoms with Gasteiger partial charge in [-0.2, -0.15) is 0 Å². The third-order valence-electron chi connectivity index (χ3n) is 4.94. The summed E-state index contributed by atoms with van der Waals surface area (Å²) in [7, 11) is 0. The van der Waals surface area contributed by atoms with Gasteiger partial charge in [-0.15, -0.1) is 0 Å². The third-order valence-corrected chi connectivity index (χ3v) is 5.43. The molecule has 7 heteroatoms. The minimum atomic E-state index is -0.756. The van der Waals surface area contributed by atoms with E-state index in [2.05, 4.69) is 26.6 Å². The van der Waals surface area contributed by atoms with Crippen LogP contribution in [-0.4, -0.2) is 17.7 Å². The maximum atomic E-state index is 13.9. The van der Waals surface area contributed by atoms with E-state index in [1.165, 1.54) is 12.1 Å². The number of imide groups is 1. The van der Waals surface area contributed by atoms with Gasteiger partial charge in [0.15, 0.2) is 0 Å². The molecule has 140 valence electrons. The van der Waals surface area contributed by atoms with Crippen LogP contribution in [0.1, 0.15) is 42.1 Å². The first kappa shape index (κ1) is 19.2. The van der Waals surface area contributed by atoms with Crippen molar-refractivity contribution in [2.24, 2.45) is 0 Å². The number of benzene rings is 2. The van der Waals surface area contributed by atoms with Gasteiger partial charge in [0, 0.05) is 16.6 Å². The lowest BCUT2D eigenvalue weighted by Gasteiger charge is -2.35. The van der Waals surface area contributed by atoms with Crippen molar-refractivity contribution < 1.29 is 18.8 Å². The van der Waals surface area contributed by atoms with E-state index < -0.39 is 17.1 Å². The van der Waals surface area contributed by atoms with Crippen molar-refractivity contribution in [3.8, 4) is 0 Å². The number of anilines is 1. The van der Waals surface area contributed by atoms with Gasteiger partial charge >= 0.3 is 0 Å². The maximum absolute atomic E-state index is 13.9. The van der Waals surface area contributed by atoms with Crippen molar-refractivity contribution in [2.75, 3.05) is 5.32 Å². The predicted octanol–water partition coefficient (Wildman–Crippen LogP) is 3.92. The highest BCUT2D eigenvalue weighted by Gasteiger charge is 2.42. The maximum Gasteiger partial charge on any atom is 0.258 e. The van der Waals surface area contributed by atoms with Crippen LogP contribution in [0.5, 0.6) is 0 Å². The van der Waals surface area contributed by atoms with Gasteiger partial charge in [-0.25, -0.2) is 4.39 Å². The fourth-order valence-corrected chi connectivity index (χ4v) is 3.64. The second-order valence-corrected chi connectivity index (χ2v) is 7.38. The molecule has 3 amide bonds. The van der Waals surface area contributed by atoms with Crippen LogP contribution in [0.15, 0.2) is 46.9 Å². The summed E-state index contributed by atoms with van der Waals surface area (Å²) >= 11 is 3.15. The highest BCUT2D eigenvalue weighted by Crippen LogP contribution is 2.36. The molecular weight excluding hydrogens is 415 g/mol. The molecule has 0 saturated carbocycles. The van der Waals surface area contributed by atoms with E-state index in [1.54, 1.807) is 30.3 Å². The summed E-state index contributed by atoms with van der Waals surface area (Å²) in [6.45, 7) is 1.90. The molecule has 1 unspecified atom stereocenters. The number of carbonyl (C=O) groups excluding carboxylic acids is 3. The predicted molar refractivity (Wildman–Crippen MR) is 103 cm³/mol. The molecule has 27 heavy (non-hydrogen) atoms. The van der Waals surface area contributed by atoms with E-state index in [0.29, 0.717) is 29.4 Å². The zero-order valence-electron chi connectivity index (χ0n) is 14.6. The van der Waals surface area contributed by atoms with E-state index in [-0.39, 0.29) is 17.4 Å². The summed E-state index contributed by atoms with van der Waals surface area (Å²) < 4.78 is 14.5. The zero-order chi connectivity index (χ0) is 19.6. The van der Waals surface area contributed by atoms with Gasteiger partial charge in [0.1, 0.15) is 5.82 Å². The second-order valence-electron chi connectivity index (χ2n) is 6.47. The topological polar surface area (TPSA) is 75.3 Å².